The predicted molar refractivity (Wildman–Crippen MR) is 71.5 cm³/mol. The lowest BCUT2D eigenvalue weighted by Gasteiger charge is -2.20. The summed E-state index contributed by atoms with van der Waals surface area (Å²) in [5.74, 6) is 1.29. The highest BCUT2D eigenvalue weighted by Crippen LogP contribution is 2.24. The summed E-state index contributed by atoms with van der Waals surface area (Å²) in [6.07, 6.45) is 0.242. The Hall–Kier alpha value is -1.32. The maximum atomic E-state index is 11.8. The Morgan fingerprint density at radius 2 is 1.78 bits per heavy atom. The van der Waals surface area contributed by atoms with Crippen LogP contribution in [-0.4, -0.2) is 16.4 Å². The number of carbonyl (C=O) groups excluding carboxylic acids is 1. The molecule has 0 bridgehead atoms. The average molecular weight is 252 g/mol. The molecule has 1 heterocycles. The van der Waals surface area contributed by atoms with Crippen LogP contribution in [0.2, 0.25) is 0 Å². The van der Waals surface area contributed by atoms with E-state index < -0.39 is 0 Å². The summed E-state index contributed by atoms with van der Waals surface area (Å²) in [5.41, 5.74) is 0.436. The van der Waals surface area contributed by atoms with E-state index in [1.807, 2.05) is 48.5 Å². The number of amides is 1. The van der Waals surface area contributed by atoms with E-state index in [4.69, 9.17) is 4.42 Å². The molecular weight excluding hydrogens is 228 g/mol. The third-order valence-electron chi connectivity index (χ3n) is 2.37. The molecule has 0 aliphatic heterocycles. The van der Waals surface area contributed by atoms with Crippen LogP contribution < -0.4 is 5.32 Å². The molecule has 0 aliphatic carbocycles. The fraction of sp³-hybridized carbons (Fsp3) is 0.714. The maximum Gasteiger partial charge on any atom is 0.228 e. The highest BCUT2D eigenvalue weighted by atomic mass is 16.4. The van der Waals surface area contributed by atoms with Gasteiger partial charge in [-0.15, -0.1) is 0 Å². The Balaban J connectivity index is 2.80. The van der Waals surface area contributed by atoms with Gasteiger partial charge in [0.15, 0.2) is 5.89 Å². The Labute approximate surface area is 109 Å². The van der Waals surface area contributed by atoms with Crippen molar-refractivity contribution >= 4 is 5.91 Å². The number of rotatable bonds is 2. The van der Waals surface area contributed by atoms with E-state index in [9.17, 15) is 4.79 Å². The average Bonchev–Trinajstić information content (AvgIpc) is 2.43. The van der Waals surface area contributed by atoms with Crippen molar-refractivity contribution in [1.82, 2.24) is 10.3 Å². The summed E-state index contributed by atoms with van der Waals surface area (Å²) in [4.78, 5) is 16.2. The van der Waals surface area contributed by atoms with Gasteiger partial charge in [-0.3, -0.25) is 4.79 Å². The van der Waals surface area contributed by atoms with Crippen molar-refractivity contribution in [3.63, 3.8) is 0 Å². The Bertz CT molecular complexity index is 434. The number of hydrogen-bond acceptors (Lipinski definition) is 3. The van der Waals surface area contributed by atoms with Crippen molar-refractivity contribution in [2.75, 3.05) is 0 Å². The van der Waals surface area contributed by atoms with Crippen molar-refractivity contribution in [3.8, 4) is 0 Å². The van der Waals surface area contributed by atoms with Crippen LogP contribution in [0.1, 0.15) is 58.9 Å². The van der Waals surface area contributed by atoms with Gasteiger partial charge in [-0.2, -0.15) is 0 Å². The minimum absolute atomic E-state index is 0.0396. The number of nitrogens with one attached hydrogen (secondary N) is 1. The normalized spacial score (nSPS) is 12.6. The maximum absolute atomic E-state index is 11.8. The molecule has 0 aliphatic rings. The van der Waals surface area contributed by atoms with Gasteiger partial charge in [0.2, 0.25) is 5.91 Å². The largest absolute Gasteiger partial charge is 0.444 e. The lowest BCUT2D eigenvalue weighted by atomic mass is 9.97. The molecular formula is C14H24N2O2. The van der Waals surface area contributed by atoms with Gasteiger partial charge in [0, 0.05) is 11.0 Å². The zero-order valence-electron chi connectivity index (χ0n) is 12.5. The van der Waals surface area contributed by atoms with Crippen molar-refractivity contribution in [1.29, 1.82) is 0 Å². The van der Waals surface area contributed by atoms with Crippen molar-refractivity contribution in [2.24, 2.45) is 0 Å². The predicted octanol–water partition coefficient (Wildman–Crippen LogP) is 2.74. The minimum Gasteiger partial charge on any atom is -0.444 e. The number of carbonyl (C=O) groups is 1. The van der Waals surface area contributed by atoms with Gasteiger partial charge in [0.25, 0.3) is 0 Å². The monoisotopic (exact) mass is 252 g/mol. The second-order valence-electron chi connectivity index (χ2n) is 6.75. The first kappa shape index (κ1) is 14.7. The SMILES string of the molecule is Cc1nc(C(C)(C)C)oc1CC(=O)NC(C)(C)C. The molecule has 1 aromatic rings. The Morgan fingerprint density at radius 1 is 1.22 bits per heavy atom. The van der Waals surface area contributed by atoms with E-state index in [0.717, 1.165) is 5.69 Å². The first-order chi connectivity index (χ1) is 7.99. The molecule has 4 heteroatoms. The number of oxazole rings is 1. The van der Waals surface area contributed by atoms with E-state index in [0.29, 0.717) is 11.7 Å². The van der Waals surface area contributed by atoms with Gasteiger partial charge in [-0.25, -0.2) is 4.98 Å². The molecule has 0 radical (unpaired) electrons. The third kappa shape index (κ3) is 4.17. The molecule has 0 aromatic carbocycles. The fourth-order valence-corrected chi connectivity index (χ4v) is 1.52. The highest BCUT2D eigenvalue weighted by molar-refractivity contribution is 5.78. The summed E-state index contributed by atoms with van der Waals surface area (Å²) < 4.78 is 5.69. The van der Waals surface area contributed by atoms with Crippen LogP contribution in [0.5, 0.6) is 0 Å². The fourth-order valence-electron chi connectivity index (χ4n) is 1.52. The molecule has 0 saturated heterocycles. The van der Waals surface area contributed by atoms with E-state index >= 15 is 0 Å². The van der Waals surface area contributed by atoms with Crippen LogP contribution in [0.25, 0.3) is 0 Å². The molecule has 0 unspecified atom stereocenters. The van der Waals surface area contributed by atoms with Crippen LogP contribution in [0.3, 0.4) is 0 Å². The molecule has 102 valence electrons. The smallest absolute Gasteiger partial charge is 0.228 e. The van der Waals surface area contributed by atoms with E-state index in [2.05, 4.69) is 10.3 Å². The lowest BCUT2D eigenvalue weighted by molar-refractivity contribution is -0.122. The van der Waals surface area contributed by atoms with Crippen LogP contribution in [0, 0.1) is 6.92 Å². The standard InChI is InChI=1S/C14H24N2O2/c1-9-10(8-11(17)16-14(5,6)7)18-12(15-9)13(2,3)4/h8H2,1-7H3,(H,16,17). The van der Waals surface area contributed by atoms with Gasteiger partial charge in [0.05, 0.1) is 12.1 Å². The van der Waals surface area contributed by atoms with E-state index in [1.54, 1.807) is 0 Å². The highest BCUT2D eigenvalue weighted by Gasteiger charge is 2.24. The molecule has 4 nitrogen and oxygen atoms in total. The summed E-state index contributed by atoms with van der Waals surface area (Å²) in [7, 11) is 0. The van der Waals surface area contributed by atoms with E-state index in [-0.39, 0.29) is 23.3 Å². The van der Waals surface area contributed by atoms with Crippen molar-refractivity contribution in [2.45, 2.75) is 65.8 Å². The number of aromatic nitrogens is 1. The molecule has 1 amide bonds. The van der Waals surface area contributed by atoms with Crippen LogP contribution >= 0.6 is 0 Å². The zero-order chi connectivity index (χ0) is 14.1. The molecule has 0 fully saturated rings. The second kappa shape index (κ2) is 4.75. The summed E-state index contributed by atoms with van der Waals surface area (Å²) >= 11 is 0. The topological polar surface area (TPSA) is 55.1 Å². The third-order valence-corrected chi connectivity index (χ3v) is 2.37. The first-order valence-corrected chi connectivity index (χ1v) is 6.27. The zero-order valence-corrected chi connectivity index (χ0v) is 12.5. The van der Waals surface area contributed by atoms with Crippen LogP contribution in [0.15, 0.2) is 4.42 Å². The lowest BCUT2D eigenvalue weighted by Crippen LogP contribution is -2.41. The van der Waals surface area contributed by atoms with Gasteiger partial charge < -0.3 is 9.73 Å². The summed E-state index contributed by atoms with van der Waals surface area (Å²) in [6, 6.07) is 0. The molecule has 1 aromatic heterocycles. The molecule has 1 N–H and O–H groups in total. The molecule has 1 rings (SSSR count). The number of nitrogens with zero attached hydrogens (tertiary/aromatic N) is 1. The van der Waals surface area contributed by atoms with Gasteiger partial charge >= 0.3 is 0 Å². The Kier molecular flexibility index (Phi) is 3.89. The molecule has 18 heavy (non-hydrogen) atoms. The van der Waals surface area contributed by atoms with Gasteiger partial charge in [-0.1, -0.05) is 20.8 Å². The quantitative estimate of drug-likeness (QED) is 0.880. The van der Waals surface area contributed by atoms with Crippen molar-refractivity contribution < 1.29 is 9.21 Å². The number of aryl methyl sites for hydroxylation is 1. The number of hydrogen-bond donors (Lipinski definition) is 1. The van der Waals surface area contributed by atoms with Crippen LogP contribution in [0.4, 0.5) is 0 Å². The molecule has 0 atom stereocenters. The minimum atomic E-state index is -0.224. The van der Waals surface area contributed by atoms with Gasteiger partial charge in [0.1, 0.15) is 5.76 Å². The van der Waals surface area contributed by atoms with Crippen LogP contribution in [-0.2, 0) is 16.6 Å². The first-order valence-electron chi connectivity index (χ1n) is 6.27. The molecule has 0 saturated carbocycles. The van der Waals surface area contributed by atoms with Gasteiger partial charge in [-0.05, 0) is 27.7 Å². The Morgan fingerprint density at radius 3 is 2.17 bits per heavy atom. The molecule has 0 spiro atoms. The summed E-state index contributed by atoms with van der Waals surface area (Å²) in [6.45, 7) is 13.9. The second-order valence-corrected chi connectivity index (χ2v) is 6.75. The van der Waals surface area contributed by atoms with Crippen molar-refractivity contribution in [3.05, 3.63) is 17.3 Å². The van der Waals surface area contributed by atoms with E-state index in [1.165, 1.54) is 0 Å². The summed E-state index contributed by atoms with van der Waals surface area (Å²) in [5, 5.41) is 2.92.